The number of nitriles is 1. The smallest absolute Gasteiger partial charge is 0.227 e. The van der Waals surface area contributed by atoms with Crippen LogP contribution in [-0.2, 0) is 4.79 Å². The van der Waals surface area contributed by atoms with E-state index in [1.54, 1.807) is 4.90 Å². The summed E-state index contributed by atoms with van der Waals surface area (Å²) in [7, 11) is 0. The molecule has 4 heteroatoms. The highest BCUT2D eigenvalue weighted by atomic mass is 16.3. The third-order valence-electron chi connectivity index (χ3n) is 5.59. The van der Waals surface area contributed by atoms with E-state index in [0.717, 1.165) is 49.7 Å². The number of aliphatic hydroxyl groups excluding tert-OH is 1. The van der Waals surface area contributed by atoms with Crippen molar-refractivity contribution >= 4 is 5.91 Å². The summed E-state index contributed by atoms with van der Waals surface area (Å²) in [5.41, 5.74) is 1.95. The number of hydrogen-bond donors (Lipinski definition) is 1. The van der Waals surface area contributed by atoms with Gasteiger partial charge in [-0.1, -0.05) is 43.7 Å². The molecule has 136 valence electrons. The summed E-state index contributed by atoms with van der Waals surface area (Å²) in [5.74, 6) is 6.20. The maximum Gasteiger partial charge on any atom is 0.227 e. The molecule has 1 saturated heterocycles. The van der Waals surface area contributed by atoms with Gasteiger partial charge in [-0.15, -0.1) is 0 Å². The predicted molar refractivity (Wildman–Crippen MR) is 100 cm³/mol. The number of nitrogens with zero attached hydrogens (tertiary/aromatic N) is 2. The Kier molecular flexibility index (Phi) is 5.96. The van der Waals surface area contributed by atoms with Crippen LogP contribution < -0.4 is 0 Å². The SMILES string of the molecule is CCCC#Cc1ccc([C@H]2[C@@H](C#N)N(C(=O)C3CCCC3)[C@@H]2CO)cc1. The van der Waals surface area contributed by atoms with Crippen molar-refractivity contribution in [3.05, 3.63) is 35.4 Å². The molecule has 0 spiro atoms. The zero-order chi connectivity index (χ0) is 18.5. The Labute approximate surface area is 155 Å². The molecular formula is C22H26N2O2. The standard InChI is InChI=1S/C22H26N2O2/c1-2-3-4-7-16-10-12-17(13-11-16)21-19(14-23)24(20(21)15-25)22(26)18-8-5-6-9-18/h10-13,18-21,25H,2-3,5-6,8-9,15H2,1H3/t19-,20-,21+/m1/s1. The molecule has 1 aromatic rings. The van der Waals surface area contributed by atoms with E-state index in [0.29, 0.717) is 0 Å². The molecule has 1 heterocycles. The summed E-state index contributed by atoms with van der Waals surface area (Å²) in [6.45, 7) is 1.99. The number of likely N-dealkylation sites (tertiary alicyclic amines) is 1. The molecule has 1 saturated carbocycles. The molecule has 2 aliphatic rings. The lowest BCUT2D eigenvalue weighted by Gasteiger charge is -2.52. The van der Waals surface area contributed by atoms with Gasteiger partial charge in [-0.2, -0.15) is 5.26 Å². The minimum atomic E-state index is -0.489. The van der Waals surface area contributed by atoms with Crippen LogP contribution in [0, 0.1) is 29.1 Å². The molecule has 1 N–H and O–H groups in total. The molecule has 26 heavy (non-hydrogen) atoms. The van der Waals surface area contributed by atoms with Crippen molar-refractivity contribution < 1.29 is 9.90 Å². The van der Waals surface area contributed by atoms with Gasteiger partial charge in [-0.05, 0) is 37.0 Å². The van der Waals surface area contributed by atoms with E-state index in [4.69, 9.17) is 0 Å². The van der Waals surface area contributed by atoms with Gasteiger partial charge in [0.05, 0.1) is 18.7 Å². The van der Waals surface area contributed by atoms with Crippen molar-refractivity contribution in [3.63, 3.8) is 0 Å². The van der Waals surface area contributed by atoms with Gasteiger partial charge >= 0.3 is 0 Å². The molecule has 1 amide bonds. The van der Waals surface area contributed by atoms with Gasteiger partial charge in [-0.3, -0.25) is 4.79 Å². The first kappa shape index (κ1) is 18.5. The normalized spacial score (nSPS) is 25.1. The lowest BCUT2D eigenvalue weighted by atomic mass is 9.75. The first-order valence-corrected chi connectivity index (χ1v) is 9.62. The van der Waals surface area contributed by atoms with Crippen molar-refractivity contribution in [2.45, 2.75) is 63.5 Å². The highest BCUT2D eigenvalue weighted by molar-refractivity contribution is 5.82. The number of amides is 1. The summed E-state index contributed by atoms with van der Waals surface area (Å²) in [4.78, 5) is 14.4. The molecule has 1 aliphatic heterocycles. The fraction of sp³-hybridized carbons (Fsp3) is 0.545. The van der Waals surface area contributed by atoms with Crippen LogP contribution in [0.15, 0.2) is 24.3 Å². The highest BCUT2D eigenvalue weighted by Gasteiger charge is 2.52. The van der Waals surface area contributed by atoms with Gasteiger partial charge in [0.1, 0.15) is 6.04 Å². The van der Waals surface area contributed by atoms with Gasteiger partial charge in [0.2, 0.25) is 5.91 Å². The highest BCUT2D eigenvalue weighted by Crippen LogP contribution is 2.42. The molecule has 2 fully saturated rings. The van der Waals surface area contributed by atoms with Gasteiger partial charge in [0.15, 0.2) is 0 Å². The van der Waals surface area contributed by atoms with Crippen LogP contribution in [0.1, 0.15) is 62.5 Å². The third-order valence-corrected chi connectivity index (χ3v) is 5.59. The molecule has 1 aromatic carbocycles. The second kappa shape index (κ2) is 8.39. The van der Waals surface area contributed by atoms with E-state index >= 15 is 0 Å². The van der Waals surface area contributed by atoms with Crippen molar-refractivity contribution in [2.75, 3.05) is 6.61 Å². The molecule has 3 atom stereocenters. The summed E-state index contributed by atoms with van der Waals surface area (Å²) in [6, 6.07) is 9.38. The average molecular weight is 350 g/mol. The minimum Gasteiger partial charge on any atom is -0.394 e. The average Bonchev–Trinajstić information content (AvgIpc) is 3.18. The molecule has 1 aliphatic carbocycles. The Morgan fingerprint density at radius 2 is 1.96 bits per heavy atom. The minimum absolute atomic E-state index is 0.0251. The van der Waals surface area contributed by atoms with Crippen LogP contribution in [0.3, 0.4) is 0 Å². The van der Waals surface area contributed by atoms with Crippen molar-refractivity contribution in [1.29, 1.82) is 5.26 Å². The maximum absolute atomic E-state index is 12.8. The number of aliphatic hydroxyl groups is 1. The number of rotatable bonds is 4. The summed E-state index contributed by atoms with van der Waals surface area (Å²) in [5, 5.41) is 19.5. The third kappa shape index (κ3) is 3.48. The number of hydrogen-bond acceptors (Lipinski definition) is 3. The van der Waals surface area contributed by atoms with E-state index in [9.17, 15) is 15.2 Å². The molecule has 0 bridgehead atoms. The quantitative estimate of drug-likeness (QED) is 0.848. The Hall–Kier alpha value is -2.30. The van der Waals surface area contributed by atoms with Gasteiger partial charge in [0.25, 0.3) is 0 Å². The first-order valence-electron chi connectivity index (χ1n) is 9.62. The van der Waals surface area contributed by atoms with Crippen LogP contribution >= 0.6 is 0 Å². The molecule has 0 unspecified atom stereocenters. The topological polar surface area (TPSA) is 64.3 Å². The van der Waals surface area contributed by atoms with Crippen LogP contribution in [0.5, 0.6) is 0 Å². The van der Waals surface area contributed by atoms with E-state index in [1.807, 2.05) is 24.3 Å². The van der Waals surface area contributed by atoms with Gasteiger partial charge in [0, 0.05) is 23.8 Å². The van der Waals surface area contributed by atoms with Crippen LogP contribution in [0.25, 0.3) is 0 Å². The van der Waals surface area contributed by atoms with Gasteiger partial charge in [-0.25, -0.2) is 0 Å². The van der Waals surface area contributed by atoms with E-state index in [2.05, 4.69) is 24.8 Å². The van der Waals surface area contributed by atoms with E-state index in [1.165, 1.54) is 0 Å². The van der Waals surface area contributed by atoms with Gasteiger partial charge < -0.3 is 10.0 Å². The lowest BCUT2D eigenvalue weighted by Crippen LogP contribution is -2.66. The number of carbonyl (C=O) groups excluding carboxylic acids is 1. The van der Waals surface area contributed by atoms with Crippen LogP contribution in [0.4, 0.5) is 0 Å². The Morgan fingerprint density at radius 1 is 1.27 bits per heavy atom. The second-order valence-corrected chi connectivity index (χ2v) is 7.25. The molecule has 0 aromatic heterocycles. The maximum atomic E-state index is 12.8. The van der Waals surface area contributed by atoms with E-state index in [-0.39, 0.29) is 30.4 Å². The molecular weight excluding hydrogens is 324 g/mol. The van der Waals surface area contributed by atoms with Crippen molar-refractivity contribution in [1.82, 2.24) is 4.90 Å². The Morgan fingerprint density at radius 3 is 2.54 bits per heavy atom. The van der Waals surface area contributed by atoms with Crippen LogP contribution in [0.2, 0.25) is 0 Å². The fourth-order valence-electron chi connectivity index (χ4n) is 4.17. The summed E-state index contributed by atoms with van der Waals surface area (Å²) < 4.78 is 0. The fourth-order valence-corrected chi connectivity index (χ4v) is 4.17. The first-order chi connectivity index (χ1) is 12.7. The Balaban J connectivity index is 1.76. The largest absolute Gasteiger partial charge is 0.394 e. The van der Waals surface area contributed by atoms with E-state index < -0.39 is 6.04 Å². The number of benzene rings is 1. The summed E-state index contributed by atoms with van der Waals surface area (Å²) >= 11 is 0. The van der Waals surface area contributed by atoms with Crippen molar-refractivity contribution in [3.8, 4) is 17.9 Å². The van der Waals surface area contributed by atoms with Crippen LogP contribution in [-0.4, -0.2) is 34.6 Å². The molecule has 4 nitrogen and oxygen atoms in total. The number of carbonyl (C=O) groups is 1. The lowest BCUT2D eigenvalue weighted by molar-refractivity contribution is -0.151. The molecule has 0 radical (unpaired) electrons. The zero-order valence-corrected chi connectivity index (χ0v) is 15.3. The zero-order valence-electron chi connectivity index (χ0n) is 15.3. The monoisotopic (exact) mass is 350 g/mol. The molecule has 3 rings (SSSR count). The number of unbranched alkanes of at least 4 members (excludes halogenated alkanes) is 1. The second-order valence-electron chi connectivity index (χ2n) is 7.25. The predicted octanol–water partition coefficient (Wildman–Crippen LogP) is 3.21. The summed E-state index contributed by atoms with van der Waals surface area (Å²) in [6.07, 6.45) is 5.89. The van der Waals surface area contributed by atoms with Crippen molar-refractivity contribution in [2.24, 2.45) is 5.92 Å². The Bertz CT molecular complexity index is 732.